The number of piperidine rings is 1. The van der Waals surface area contributed by atoms with Gasteiger partial charge >= 0.3 is 0 Å². The number of halogens is 2. The van der Waals surface area contributed by atoms with Crippen molar-refractivity contribution in [2.24, 2.45) is 5.41 Å². The molecule has 2 heterocycles. The Labute approximate surface area is 108 Å². The topological polar surface area (TPSA) is 42.7 Å². The molecule has 0 radical (unpaired) electrons. The number of nitrogens with zero attached hydrogens (tertiary/aromatic N) is 3. The van der Waals surface area contributed by atoms with Crippen molar-refractivity contribution < 1.29 is 0 Å². The first-order chi connectivity index (χ1) is 6.88. The van der Waals surface area contributed by atoms with Crippen LogP contribution in [-0.2, 0) is 0 Å². The fourth-order valence-corrected chi connectivity index (χ4v) is 2.90. The van der Waals surface area contributed by atoms with Crippen LogP contribution in [0.15, 0.2) is 12.4 Å². The van der Waals surface area contributed by atoms with Gasteiger partial charge in [-0.25, -0.2) is 4.68 Å². The van der Waals surface area contributed by atoms with Gasteiger partial charge in [-0.2, -0.15) is 0 Å². The summed E-state index contributed by atoms with van der Waals surface area (Å²) in [6.45, 7) is 2.40. The van der Waals surface area contributed by atoms with Crippen LogP contribution in [0.1, 0.15) is 31.7 Å². The highest BCUT2D eigenvalue weighted by molar-refractivity contribution is 5.85. The van der Waals surface area contributed by atoms with E-state index in [-0.39, 0.29) is 24.8 Å². The van der Waals surface area contributed by atoms with Gasteiger partial charge in [0.25, 0.3) is 0 Å². The zero-order valence-corrected chi connectivity index (χ0v) is 10.8. The number of aromatic nitrogens is 3. The van der Waals surface area contributed by atoms with Crippen molar-refractivity contribution >= 4 is 24.8 Å². The van der Waals surface area contributed by atoms with Gasteiger partial charge in [-0.15, -0.1) is 29.9 Å². The molecule has 1 aromatic rings. The summed E-state index contributed by atoms with van der Waals surface area (Å²) in [5.41, 5.74) is 0.641. The van der Waals surface area contributed by atoms with Crippen LogP contribution in [0.5, 0.6) is 0 Å². The Morgan fingerprint density at radius 2 is 1.88 bits per heavy atom. The highest BCUT2D eigenvalue weighted by Gasteiger charge is 2.45. The molecule has 2 fully saturated rings. The standard InChI is InChI=1S/C10H16N4.2ClH/c1-3-11-4-2-10(1)7-9(8-10)14-6-5-12-13-14;;/h5-6,9,11H,1-4,7-8H2;2*1H. The van der Waals surface area contributed by atoms with Crippen molar-refractivity contribution in [1.29, 1.82) is 0 Å². The van der Waals surface area contributed by atoms with Crippen LogP contribution >= 0.6 is 24.8 Å². The van der Waals surface area contributed by atoms with Crippen molar-refractivity contribution in [2.75, 3.05) is 13.1 Å². The molecule has 4 nitrogen and oxygen atoms in total. The van der Waals surface area contributed by atoms with Crippen molar-refractivity contribution in [3.8, 4) is 0 Å². The van der Waals surface area contributed by atoms with Gasteiger partial charge in [0.2, 0.25) is 0 Å². The monoisotopic (exact) mass is 264 g/mol. The average Bonchev–Trinajstić information content (AvgIpc) is 2.68. The summed E-state index contributed by atoms with van der Waals surface area (Å²) >= 11 is 0. The molecule has 1 saturated carbocycles. The van der Waals surface area contributed by atoms with E-state index in [4.69, 9.17) is 0 Å². The highest BCUT2D eigenvalue weighted by atomic mass is 35.5. The predicted molar refractivity (Wildman–Crippen MR) is 67.3 cm³/mol. The molecule has 1 aromatic heterocycles. The van der Waals surface area contributed by atoms with Gasteiger partial charge in [0.15, 0.2) is 0 Å². The largest absolute Gasteiger partial charge is 0.317 e. The lowest BCUT2D eigenvalue weighted by atomic mass is 9.60. The Morgan fingerprint density at radius 3 is 2.44 bits per heavy atom. The second-order valence-electron chi connectivity index (χ2n) is 4.70. The van der Waals surface area contributed by atoms with Crippen LogP contribution < -0.4 is 5.32 Å². The molecule has 6 heteroatoms. The molecule has 0 aromatic carbocycles. The SMILES string of the molecule is Cl.Cl.c1cn(C2CC3(CCNCC3)C2)nn1. The molecule has 1 aliphatic carbocycles. The van der Waals surface area contributed by atoms with E-state index in [0.29, 0.717) is 11.5 Å². The van der Waals surface area contributed by atoms with E-state index in [9.17, 15) is 0 Å². The molecule has 92 valence electrons. The molecule has 2 aliphatic rings. The molecule has 0 amide bonds. The molecule has 3 rings (SSSR count). The van der Waals surface area contributed by atoms with Gasteiger partial charge in [0, 0.05) is 6.20 Å². The van der Waals surface area contributed by atoms with E-state index < -0.39 is 0 Å². The lowest BCUT2D eigenvalue weighted by Crippen LogP contribution is -2.46. The quantitative estimate of drug-likeness (QED) is 0.842. The van der Waals surface area contributed by atoms with Gasteiger partial charge in [0.05, 0.1) is 12.2 Å². The Kier molecular flexibility index (Phi) is 4.59. The fraction of sp³-hybridized carbons (Fsp3) is 0.800. The number of hydrogen-bond acceptors (Lipinski definition) is 3. The van der Waals surface area contributed by atoms with Crippen LogP contribution in [0.25, 0.3) is 0 Å². The van der Waals surface area contributed by atoms with E-state index in [1.165, 1.54) is 38.8 Å². The Hall–Kier alpha value is -0.320. The third kappa shape index (κ3) is 2.34. The summed E-state index contributed by atoms with van der Waals surface area (Å²) in [5.74, 6) is 0. The smallest absolute Gasteiger partial charge is 0.0693 e. The van der Waals surface area contributed by atoms with E-state index in [2.05, 4.69) is 15.6 Å². The second kappa shape index (κ2) is 5.34. The predicted octanol–water partition coefficient (Wildman–Crippen LogP) is 1.83. The highest BCUT2D eigenvalue weighted by Crippen LogP contribution is 2.53. The van der Waals surface area contributed by atoms with Gasteiger partial charge in [-0.05, 0) is 44.2 Å². The average molecular weight is 265 g/mol. The third-order valence-corrected chi connectivity index (χ3v) is 3.82. The summed E-state index contributed by atoms with van der Waals surface area (Å²) in [7, 11) is 0. The third-order valence-electron chi connectivity index (χ3n) is 3.82. The summed E-state index contributed by atoms with van der Waals surface area (Å²) < 4.78 is 2.02. The Bertz CT molecular complexity index is 301. The molecular formula is C10H18Cl2N4. The first kappa shape index (κ1) is 13.7. The lowest BCUT2D eigenvalue weighted by molar-refractivity contribution is 0.0222. The van der Waals surface area contributed by atoms with Gasteiger partial charge in [0.1, 0.15) is 0 Å². The maximum atomic E-state index is 4.07. The summed E-state index contributed by atoms with van der Waals surface area (Å²) in [5, 5.41) is 11.3. The van der Waals surface area contributed by atoms with Crippen molar-refractivity contribution in [2.45, 2.75) is 31.7 Å². The minimum Gasteiger partial charge on any atom is -0.317 e. The first-order valence-electron chi connectivity index (χ1n) is 5.45. The fourth-order valence-electron chi connectivity index (χ4n) is 2.90. The van der Waals surface area contributed by atoms with Crippen LogP contribution in [0.4, 0.5) is 0 Å². The molecule has 1 saturated heterocycles. The molecule has 1 N–H and O–H groups in total. The van der Waals surface area contributed by atoms with E-state index in [1.54, 1.807) is 6.20 Å². The molecule has 1 aliphatic heterocycles. The number of rotatable bonds is 1. The van der Waals surface area contributed by atoms with E-state index in [0.717, 1.165) is 0 Å². The van der Waals surface area contributed by atoms with Crippen molar-refractivity contribution in [1.82, 2.24) is 20.3 Å². The minimum absolute atomic E-state index is 0. The maximum Gasteiger partial charge on any atom is 0.0693 e. The van der Waals surface area contributed by atoms with Gasteiger partial charge < -0.3 is 5.32 Å². The summed E-state index contributed by atoms with van der Waals surface area (Å²) in [6, 6.07) is 0.621. The molecule has 16 heavy (non-hydrogen) atoms. The molecule has 1 spiro atoms. The van der Waals surface area contributed by atoms with Crippen molar-refractivity contribution in [3.05, 3.63) is 12.4 Å². The Morgan fingerprint density at radius 1 is 1.19 bits per heavy atom. The lowest BCUT2D eigenvalue weighted by Gasteiger charge is -2.50. The zero-order valence-electron chi connectivity index (χ0n) is 9.13. The zero-order chi connectivity index (χ0) is 9.43. The Balaban J connectivity index is 0.000000640. The van der Waals surface area contributed by atoms with Crippen LogP contribution in [0.2, 0.25) is 0 Å². The molecule has 0 atom stereocenters. The number of nitrogens with one attached hydrogen (secondary N) is 1. The molecular weight excluding hydrogens is 247 g/mol. The second-order valence-corrected chi connectivity index (χ2v) is 4.70. The van der Waals surface area contributed by atoms with Crippen LogP contribution in [0, 0.1) is 5.41 Å². The summed E-state index contributed by atoms with van der Waals surface area (Å²) in [6.07, 6.45) is 9.05. The normalized spacial score (nSPS) is 23.0. The first-order valence-corrected chi connectivity index (χ1v) is 5.45. The molecule has 0 unspecified atom stereocenters. The van der Waals surface area contributed by atoms with Crippen molar-refractivity contribution in [3.63, 3.8) is 0 Å². The minimum atomic E-state index is 0. The van der Waals surface area contributed by atoms with Crippen LogP contribution in [0.3, 0.4) is 0 Å². The molecule has 0 bridgehead atoms. The maximum absolute atomic E-state index is 4.07. The summed E-state index contributed by atoms with van der Waals surface area (Å²) in [4.78, 5) is 0. The van der Waals surface area contributed by atoms with E-state index >= 15 is 0 Å². The van der Waals surface area contributed by atoms with Gasteiger partial charge in [-0.1, -0.05) is 5.21 Å². The number of hydrogen-bond donors (Lipinski definition) is 1. The van der Waals surface area contributed by atoms with E-state index in [1.807, 2.05) is 10.9 Å². The van der Waals surface area contributed by atoms with Crippen LogP contribution in [-0.4, -0.2) is 28.1 Å². The van der Waals surface area contributed by atoms with Gasteiger partial charge in [-0.3, -0.25) is 0 Å².